The van der Waals surface area contributed by atoms with Crippen molar-refractivity contribution in [2.24, 2.45) is 0 Å². The number of rotatable bonds is 6. The molecule has 11 heteroatoms. The molecular weight excluding hydrogens is 445 g/mol. The van der Waals surface area contributed by atoms with Gasteiger partial charge in [0.05, 0.1) is 4.34 Å². The minimum atomic E-state index is -4.24. The number of sulfonamides is 1. The fourth-order valence-corrected chi connectivity index (χ4v) is 5.91. The Labute approximate surface area is 175 Å². The number of fused-ring (bicyclic) bond motifs is 1. The van der Waals surface area contributed by atoms with Gasteiger partial charge in [-0.3, -0.25) is 9.59 Å². The van der Waals surface area contributed by atoms with Crippen LogP contribution in [0.4, 0.5) is 0 Å². The van der Waals surface area contributed by atoms with Gasteiger partial charge in [0.15, 0.2) is 0 Å². The van der Waals surface area contributed by atoms with E-state index in [1.807, 2.05) is 29.0 Å². The third kappa shape index (κ3) is 4.49. The van der Waals surface area contributed by atoms with E-state index in [1.54, 1.807) is 6.20 Å². The average molecular weight is 460 g/mol. The minimum absolute atomic E-state index is 0.0574. The lowest BCUT2D eigenvalue weighted by Gasteiger charge is -2.17. The molecule has 0 aliphatic heterocycles. The molecule has 0 radical (unpaired) electrons. The van der Waals surface area contributed by atoms with E-state index in [9.17, 15) is 18.0 Å². The van der Waals surface area contributed by atoms with Crippen LogP contribution in [0.5, 0.6) is 0 Å². The molecule has 0 fully saturated rings. The van der Waals surface area contributed by atoms with Crippen LogP contribution < -0.4 is 10.0 Å². The van der Waals surface area contributed by atoms with E-state index in [4.69, 9.17) is 23.2 Å². The second-order valence-corrected chi connectivity index (χ2v) is 9.91. The van der Waals surface area contributed by atoms with Crippen LogP contribution in [0.2, 0.25) is 8.67 Å². The lowest BCUT2D eigenvalue weighted by molar-refractivity contribution is -0.126. The van der Waals surface area contributed by atoms with Crippen molar-refractivity contribution in [2.45, 2.75) is 24.3 Å². The minimum Gasteiger partial charge on any atom is -0.361 e. The summed E-state index contributed by atoms with van der Waals surface area (Å²) in [6, 6.07) is 7.52. The fraction of sp³-hybridized carbons (Fsp3) is 0.176. The van der Waals surface area contributed by atoms with Crippen LogP contribution in [0, 0.1) is 0 Å². The molecule has 28 heavy (non-hydrogen) atoms. The van der Waals surface area contributed by atoms with E-state index in [0.717, 1.165) is 33.9 Å². The molecule has 3 rings (SSSR count). The molecule has 3 aromatic rings. The monoisotopic (exact) mass is 459 g/mol. The molecule has 0 aliphatic rings. The van der Waals surface area contributed by atoms with Crippen LogP contribution in [0.25, 0.3) is 10.9 Å². The summed E-state index contributed by atoms with van der Waals surface area (Å²) in [5, 5.41) is 3.37. The van der Waals surface area contributed by atoms with Gasteiger partial charge in [-0.1, -0.05) is 41.4 Å². The first-order chi connectivity index (χ1) is 13.2. The first-order valence-corrected chi connectivity index (χ1v) is 11.1. The number of aromatic amines is 1. The standard InChI is InChI=1S/C17H15Cl2N3O4S2/c1-9(23)21-13(6-10-8-20-12-5-3-2-4-11(10)12)17(24)22-28(25,26)14-7-15(18)27-16(14)19/h2-5,7-8,13,20H,6H2,1H3,(H,21,23)(H,22,24). The Morgan fingerprint density at radius 1 is 1.25 bits per heavy atom. The molecule has 0 aliphatic carbocycles. The van der Waals surface area contributed by atoms with Gasteiger partial charge in [0.25, 0.3) is 15.9 Å². The van der Waals surface area contributed by atoms with Gasteiger partial charge in [-0.25, -0.2) is 13.1 Å². The molecule has 7 nitrogen and oxygen atoms in total. The topological polar surface area (TPSA) is 108 Å². The number of hydrogen-bond donors (Lipinski definition) is 3. The maximum atomic E-state index is 12.7. The Hall–Kier alpha value is -2.07. The highest BCUT2D eigenvalue weighted by atomic mass is 35.5. The second kappa shape index (κ2) is 8.12. The summed E-state index contributed by atoms with van der Waals surface area (Å²) in [5.41, 5.74) is 1.63. The van der Waals surface area contributed by atoms with Crippen molar-refractivity contribution in [3.05, 3.63) is 50.8 Å². The number of aromatic nitrogens is 1. The zero-order chi connectivity index (χ0) is 20.5. The van der Waals surface area contributed by atoms with Gasteiger partial charge >= 0.3 is 0 Å². The molecule has 2 aromatic heterocycles. The summed E-state index contributed by atoms with van der Waals surface area (Å²) in [4.78, 5) is 27.0. The Kier molecular flexibility index (Phi) is 5.99. The van der Waals surface area contributed by atoms with E-state index < -0.39 is 27.9 Å². The number of para-hydroxylation sites is 1. The van der Waals surface area contributed by atoms with Gasteiger partial charge in [-0.15, -0.1) is 11.3 Å². The molecule has 1 atom stereocenters. The average Bonchev–Trinajstić information content (AvgIpc) is 3.17. The van der Waals surface area contributed by atoms with Crippen molar-refractivity contribution in [1.82, 2.24) is 15.0 Å². The number of carbonyl (C=O) groups excluding carboxylic acids is 2. The highest BCUT2D eigenvalue weighted by molar-refractivity contribution is 7.90. The van der Waals surface area contributed by atoms with E-state index in [-0.39, 0.29) is 20.0 Å². The summed E-state index contributed by atoms with van der Waals surface area (Å²) in [7, 11) is -4.24. The Bertz CT molecular complexity index is 1150. The van der Waals surface area contributed by atoms with E-state index in [1.165, 1.54) is 6.92 Å². The first-order valence-electron chi connectivity index (χ1n) is 8.01. The summed E-state index contributed by atoms with van der Waals surface area (Å²) < 4.78 is 27.1. The molecule has 0 bridgehead atoms. The Morgan fingerprint density at radius 3 is 2.61 bits per heavy atom. The van der Waals surface area contributed by atoms with Gasteiger partial charge in [0.2, 0.25) is 5.91 Å². The number of benzene rings is 1. The summed E-state index contributed by atoms with van der Waals surface area (Å²) in [6.45, 7) is 1.25. The van der Waals surface area contributed by atoms with Crippen LogP contribution in [-0.4, -0.2) is 31.3 Å². The van der Waals surface area contributed by atoms with Gasteiger partial charge in [-0.05, 0) is 17.7 Å². The van der Waals surface area contributed by atoms with Crippen molar-refractivity contribution in [3.63, 3.8) is 0 Å². The van der Waals surface area contributed by atoms with E-state index >= 15 is 0 Å². The van der Waals surface area contributed by atoms with Crippen molar-refractivity contribution in [2.75, 3.05) is 0 Å². The maximum Gasteiger partial charge on any atom is 0.266 e. The highest BCUT2D eigenvalue weighted by Gasteiger charge is 2.28. The third-order valence-electron chi connectivity index (χ3n) is 3.94. The van der Waals surface area contributed by atoms with E-state index in [2.05, 4.69) is 10.3 Å². The molecular formula is C17H15Cl2N3O4S2. The number of thiophene rings is 1. The van der Waals surface area contributed by atoms with E-state index in [0.29, 0.717) is 0 Å². The van der Waals surface area contributed by atoms with Crippen molar-refractivity contribution in [1.29, 1.82) is 0 Å². The highest BCUT2D eigenvalue weighted by Crippen LogP contribution is 2.34. The predicted octanol–water partition coefficient (Wildman–Crippen LogP) is 3.09. The lowest BCUT2D eigenvalue weighted by atomic mass is 10.0. The molecule has 0 spiro atoms. The summed E-state index contributed by atoms with van der Waals surface area (Å²) in [6.07, 6.45) is 1.82. The lowest BCUT2D eigenvalue weighted by Crippen LogP contribution is -2.48. The second-order valence-electron chi connectivity index (χ2n) is 5.97. The molecule has 148 valence electrons. The van der Waals surface area contributed by atoms with Crippen molar-refractivity contribution in [3.8, 4) is 0 Å². The Balaban J connectivity index is 1.86. The van der Waals surface area contributed by atoms with Gasteiger partial charge in [0.1, 0.15) is 15.3 Å². The predicted molar refractivity (Wildman–Crippen MR) is 109 cm³/mol. The number of halogens is 2. The third-order valence-corrected chi connectivity index (χ3v) is 7.04. The van der Waals surface area contributed by atoms with Gasteiger partial charge in [0, 0.05) is 30.4 Å². The zero-order valence-electron chi connectivity index (χ0n) is 14.5. The molecule has 1 unspecified atom stereocenters. The molecule has 1 aromatic carbocycles. The maximum absolute atomic E-state index is 12.7. The van der Waals surface area contributed by atoms with Crippen LogP contribution in [0.3, 0.4) is 0 Å². The number of carbonyl (C=O) groups is 2. The normalized spacial score (nSPS) is 12.7. The molecule has 0 saturated heterocycles. The van der Waals surface area contributed by atoms with Crippen LogP contribution >= 0.6 is 34.5 Å². The van der Waals surface area contributed by atoms with Crippen molar-refractivity contribution >= 4 is 67.3 Å². The quantitative estimate of drug-likeness (QED) is 0.525. The number of hydrogen-bond acceptors (Lipinski definition) is 5. The summed E-state index contributed by atoms with van der Waals surface area (Å²) in [5.74, 6) is -1.34. The molecule has 2 heterocycles. The van der Waals surface area contributed by atoms with Crippen LogP contribution in [0.1, 0.15) is 12.5 Å². The van der Waals surface area contributed by atoms with Gasteiger partial charge < -0.3 is 10.3 Å². The number of H-pyrrole nitrogens is 1. The van der Waals surface area contributed by atoms with Gasteiger partial charge in [-0.2, -0.15) is 0 Å². The fourth-order valence-electron chi connectivity index (χ4n) is 2.74. The number of nitrogens with one attached hydrogen (secondary N) is 3. The largest absolute Gasteiger partial charge is 0.361 e. The molecule has 2 amide bonds. The zero-order valence-corrected chi connectivity index (χ0v) is 17.6. The SMILES string of the molecule is CC(=O)NC(Cc1c[nH]c2ccccc12)C(=O)NS(=O)(=O)c1cc(Cl)sc1Cl. The van der Waals surface area contributed by atoms with Crippen LogP contribution in [0.15, 0.2) is 41.4 Å². The smallest absolute Gasteiger partial charge is 0.266 e. The molecule has 3 N–H and O–H groups in total. The van der Waals surface area contributed by atoms with Crippen LogP contribution in [-0.2, 0) is 26.0 Å². The summed E-state index contributed by atoms with van der Waals surface area (Å²) >= 11 is 12.5. The van der Waals surface area contributed by atoms with Crippen molar-refractivity contribution < 1.29 is 18.0 Å². The number of amides is 2. The first kappa shape index (κ1) is 20.7. The Morgan fingerprint density at radius 2 is 1.96 bits per heavy atom. The molecule has 0 saturated carbocycles.